The van der Waals surface area contributed by atoms with Gasteiger partial charge in [-0.3, -0.25) is 4.79 Å². The molecule has 20 heavy (non-hydrogen) atoms. The molecule has 100 valence electrons. The number of nitrogens with one attached hydrogen (secondary N) is 1. The maximum absolute atomic E-state index is 12.0. The van der Waals surface area contributed by atoms with Crippen molar-refractivity contribution in [1.82, 2.24) is 5.32 Å². The molecule has 4 heteroatoms. The third kappa shape index (κ3) is 2.36. The number of nitrogen functional groups attached to an aromatic ring is 1. The topological polar surface area (TPSA) is 68.3 Å². The van der Waals surface area contributed by atoms with Crippen LogP contribution in [0.15, 0.2) is 59.2 Å². The number of nitrogens with two attached hydrogens (primary N) is 1. The van der Waals surface area contributed by atoms with E-state index in [9.17, 15) is 4.79 Å². The number of fused-ring (bicyclic) bond motifs is 1. The summed E-state index contributed by atoms with van der Waals surface area (Å²) in [7, 11) is 0. The highest BCUT2D eigenvalue weighted by atomic mass is 16.3. The van der Waals surface area contributed by atoms with Gasteiger partial charge in [0.15, 0.2) is 0 Å². The van der Waals surface area contributed by atoms with Gasteiger partial charge in [-0.1, -0.05) is 18.2 Å². The Bertz CT molecular complexity index is 745. The SMILES string of the molecule is Nc1ccc(C(=O)NCc2coc3ccccc23)cc1. The Labute approximate surface area is 116 Å². The summed E-state index contributed by atoms with van der Waals surface area (Å²) >= 11 is 0. The summed E-state index contributed by atoms with van der Waals surface area (Å²) in [6.45, 7) is 0.431. The quantitative estimate of drug-likeness (QED) is 0.716. The largest absolute Gasteiger partial charge is 0.464 e. The lowest BCUT2D eigenvalue weighted by atomic mass is 10.1. The average molecular weight is 266 g/mol. The zero-order chi connectivity index (χ0) is 13.9. The van der Waals surface area contributed by atoms with Gasteiger partial charge in [-0.25, -0.2) is 0 Å². The Morgan fingerprint density at radius 2 is 1.85 bits per heavy atom. The second-order valence-electron chi connectivity index (χ2n) is 4.56. The molecule has 3 N–H and O–H groups in total. The molecule has 0 spiro atoms. The van der Waals surface area contributed by atoms with E-state index in [1.54, 1.807) is 30.5 Å². The molecule has 0 radical (unpaired) electrons. The van der Waals surface area contributed by atoms with Gasteiger partial charge in [0, 0.05) is 28.7 Å². The van der Waals surface area contributed by atoms with Gasteiger partial charge in [-0.2, -0.15) is 0 Å². The molecule has 3 aromatic rings. The van der Waals surface area contributed by atoms with E-state index >= 15 is 0 Å². The molecule has 0 saturated carbocycles. The molecule has 0 fully saturated rings. The van der Waals surface area contributed by atoms with Gasteiger partial charge < -0.3 is 15.5 Å². The minimum absolute atomic E-state index is 0.129. The normalized spacial score (nSPS) is 10.6. The third-order valence-corrected chi connectivity index (χ3v) is 3.17. The Morgan fingerprint density at radius 1 is 1.10 bits per heavy atom. The van der Waals surface area contributed by atoms with Crippen molar-refractivity contribution in [3.63, 3.8) is 0 Å². The van der Waals surface area contributed by atoms with Crippen LogP contribution in [-0.4, -0.2) is 5.91 Å². The minimum Gasteiger partial charge on any atom is -0.464 e. The monoisotopic (exact) mass is 266 g/mol. The summed E-state index contributed by atoms with van der Waals surface area (Å²) in [5.74, 6) is -0.129. The Hall–Kier alpha value is -2.75. The van der Waals surface area contributed by atoms with Crippen LogP contribution in [0, 0.1) is 0 Å². The number of hydrogen-bond acceptors (Lipinski definition) is 3. The van der Waals surface area contributed by atoms with Crippen LogP contribution >= 0.6 is 0 Å². The Balaban J connectivity index is 1.73. The van der Waals surface area contributed by atoms with Crippen LogP contribution in [0.25, 0.3) is 11.0 Å². The maximum Gasteiger partial charge on any atom is 0.251 e. The van der Waals surface area contributed by atoms with E-state index in [4.69, 9.17) is 10.2 Å². The van der Waals surface area contributed by atoms with Gasteiger partial charge in [0.05, 0.1) is 6.26 Å². The highest BCUT2D eigenvalue weighted by Gasteiger charge is 2.08. The number of anilines is 1. The highest BCUT2D eigenvalue weighted by Crippen LogP contribution is 2.20. The van der Waals surface area contributed by atoms with E-state index in [-0.39, 0.29) is 5.91 Å². The Kier molecular flexibility index (Phi) is 3.13. The number of para-hydroxylation sites is 1. The van der Waals surface area contributed by atoms with Gasteiger partial charge in [0.2, 0.25) is 0 Å². The molecular weight excluding hydrogens is 252 g/mol. The summed E-state index contributed by atoms with van der Waals surface area (Å²) in [4.78, 5) is 12.0. The van der Waals surface area contributed by atoms with E-state index in [0.29, 0.717) is 17.8 Å². The summed E-state index contributed by atoms with van der Waals surface area (Å²) in [5, 5.41) is 3.89. The van der Waals surface area contributed by atoms with Crippen molar-refractivity contribution in [2.45, 2.75) is 6.54 Å². The standard InChI is InChI=1S/C16H14N2O2/c17-13-7-5-11(6-8-13)16(19)18-9-12-10-20-15-4-2-1-3-14(12)15/h1-8,10H,9,17H2,(H,18,19). The molecule has 1 amide bonds. The van der Waals surface area contributed by atoms with Crippen molar-refractivity contribution < 1.29 is 9.21 Å². The second kappa shape index (κ2) is 5.09. The summed E-state index contributed by atoms with van der Waals surface area (Å²) in [6.07, 6.45) is 1.67. The lowest BCUT2D eigenvalue weighted by molar-refractivity contribution is 0.0951. The number of benzene rings is 2. The summed E-state index contributed by atoms with van der Waals surface area (Å²) in [5.41, 5.74) is 8.61. The fourth-order valence-electron chi connectivity index (χ4n) is 2.08. The van der Waals surface area contributed by atoms with Crippen molar-refractivity contribution in [2.24, 2.45) is 0 Å². The van der Waals surface area contributed by atoms with Gasteiger partial charge in [-0.15, -0.1) is 0 Å². The number of rotatable bonds is 3. The highest BCUT2D eigenvalue weighted by molar-refractivity contribution is 5.94. The van der Waals surface area contributed by atoms with Crippen molar-refractivity contribution in [3.8, 4) is 0 Å². The van der Waals surface area contributed by atoms with E-state index in [1.807, 2.05) is 24.3 Å². The lowest BCUT2D eigenvalue weighted by Gasteiger charge is -2.04. The van der Waals surface area contributed by atoms with Crippen LogP contribution in [0.2, 0.25) is 0 Å². The third-order valence-electron chi connectivity index (χ3n) is 3.17. The first-order valence-corrected chi connectivity index (χ1v) is 6.33. The Morgan fingerprint density at radius 3 is 2.65 bits per heavy atom. The van der Waals surface area contributed by atoms with E-state index in [1.165, 1.54) is 0 Å². The van der Waals surface area contributed by atoms with Crippen LogP contribution < -0.4 is 11.1 Å². The molecule has 4 nitrogen and oxygen atoms in total. The van der Waals surface area contributed by atoms with Crippen LogP contribution in [0.5, 0.6) is 0 Å². The molecule has 1 aromatic heterocycles. The fraction of sp³-hybridized carbons (Fsp3) is 0.0625. The predicted molar refractivity (Wildman–Crippen MR) is 78.2 cm³/mol. The second-order valence-corrected chi connectivity index (χ2v) is 4.56. The van der Waals surface area contributed by atoms with Crippen LogP contribution in [-0.2, 0) is 6.54 Å². The van der Waals surface area contributed by atoms with Gasteiger partial charge in [0.25, 0.3) is 5.91 Å². The van der Waals surface area contributed by atoms with Crippen molar-refractivity contribution >= 4 is 22.6 Å². The molecule has 0 bridgehead atoms. The van der Waals surface area contributed by atoms with Crippen LogP contribution in [0.3, 0.4) is 0 Å². The summed E-state index contributed by atoms with van der Waals surface area (Å²) in [6, 6.07) is 14.6. The molecule has 0 aliphatic carbocycles. The molecule has 0 aliphatic heterocycles. The maximum atomic E-state index is 12.0. The van der Waals surface area contributed by atoms with Crippen LogP contribution in [0.4, 0.5) is 5.69 Å². The lowest BCUT2D eigenvalue weighted by Crippen LogP contribution is -2.22. The zero-order valence-electron chi connectivity index (χ0n) is 10.8. The molecular formula is C16H14N2O2. The van der Waals surface area contributed by atoms with Gasteiger partial charge in [-0.05, 0) is 30.3 Å². The van der Waals surface area contributed by atoms with E-state index in [2.05, 4.69) is 5.32 Å². The molecule has 0 atom stereocenters. The molecule has 0 saturated heterocycles. The van der Waals surface area contributed by atoms with Crippen molar-refractivity contribution in [1.29, 1.82) is 0 Å². The first kappa shape index (κ1) is 12.3. The first-order chi connectivity index (χ1) is 9.74. The minimum atomic E-state index is -0.129. The van der Waals surface area contributed by atoms with Crippen molar-refractivity contribution in [2.75, 3.05) is 5.73 Å². The predicted octanol–water partition coefficient (Wildman–Crippen LogP) is 2.95. The number of hydrogen-bond donors (Lipinski definition) is 2. The molecule has 1 heterocycles. The zero-order valence-corrected chi connectivity index (χ0v) is 10.8. The summed E-state index contributed by atoms with van der Waals surface area (Å²) < 4.78 is 5.43. The molecule has 0 unspecified atom stereocenters. The van der Waals surface area contributed by atoms with Gasteiger partial charge >= 0.3 is 0 Å². The average Bonchev–Trinajstić information content (AvgIpc) is 2.89. The van der Waals surface area contributed by atoms with E-state index in [0.717, 1.165) is 16.5 Å². The van der Waals surface area contributed by atoms with Crippen LogP contribution in [0.1, 0.15) is 15.9 Å². The van der Waals surface area contributed by atoms with Gasteiger partial charge in [0.1, 0.15) is 5.58 Å². The van der Waals surface area contributed by atoms with Crippen molar-refractivity contribution in [3.05, 3.63) is 65.9 Å². The number of carbonyl (C=O) groups is 1. The smallest absolute Gasteiger partial charge is 0.251 e. The molecule has 2 aromatic carbocycles. The number of carbonyl (C=O) groups excluding carboxylic acids is 1. The fourth-order valence-corrected chi connectivity index (χ4v) is 2.08. The number of amides is 1. The number of furan rings is 1. The molecule has 3 rings (SSSR count). The first-order valence-electron chi connectivity index (χ1n) is 6.33. The van der Waals surface area contributed by atoms with E-state index < -0.39 is 0 Å². The molecule has 0 aliphatic rings.